The van der Waals surface area contributed by atoms with Crippen molar-refractivity contribution in [1.29, 1.82) is 0 Å². The number of hydrogen-bond donors (Lipinski definition) is 1. The number of nitrogens with one attached hydrogen (secondary N) is 1. The molecule has 2 aliphatic rings. The molecular weight excluding hydrogens is 246 g/mol. The predicted octanol–water partition coefficient (Wildman–Crippen LogP) is 1.17. The first-order valence-electron chi connectivity index (χ1n) is 6.92. The van der Waals surface area contributed by atoms with Crippen molar-refractivity contribution in [3.8, 4) is 0 Å². The minimum atomic E-state index is -0.656. The molecule has 1 atom stereocenters. The van der Waals surface area contributed by atoms with Crippen molar-refractivity contribution in [2.45, 2.75) is 50.5 Å². The first kappa shape index (κ1) is 12.6. The fraction of sp³-hybridized carbons (Fsp3) is 0.769. The Morgan fingerprint density at radius 2 is 2.37 bits per heavy atom. The SMILES string of the molecule is CC1(C(=O)NCCc2noc(C3CC3)n2)CCCO1. The Morgan fingerprint density at radius 3 is 3.05 bits per heavy atom. The van der Waals surface area contributed by atoms with Gasteiger partial charge in [-0.05, 0) is 32.6 Å². The zero-order valence-electron chi connectivity index (χ0n) is 11.1. The summed E-state index contributed by atoms with van der Waals surface area (Å²) in [5.74, 6) is 1.84. The van der Waals surface area contributed by atoms with Crippen molar-refractivity contribution in [3.63, 3.8) is 0 Å². The fourth-order valence-electron chi connectivity index (χ4n) is 2.30. The molecule has 19 heavy (non-hydrogen) atoms. The van der Waals surface area contributed by atoms with Crippen LogP contribution in [0.25, 0.3) is 0 Å². The lowest BCUT2D eigenvalue weighted by molar-refractivity contribution is -0.139. The fourth-order valence-corrected chi connectivity index (χ4v) is 2.30. The second kappa shape index (κ2) is 4.92. The van der Waals surface area contributed by atoms with Crippen molar-refractivity contribution in [1.82, 2.24) is 15.5 Å². The summed E-state index contributed by atoms with van der Waals surface area (Å²) >= 11 is 0. The van der Waals surface area contributed by atoms with Crippen molar-refractivity contribution >= 4 is 5.91 Å². The van der Waals surface area contributed by atoms with E-state index in [1.54, 1.807) is 0 Å². The van der Waals surface area contributed by atoms with Gasteiger partial charge in [0.05, 0.1) is 0 Å². The smallest absolute Gasteiger partial charge is 0.251 e. The number of carbonyl (C=O) groups excluding carboxylic acids is 1. The third-order valence-electron chi connectivity index (χ3n) is 3.74. The van der Waals surface area contributed by atoms with Gasteiger partial charge in [-0.25, -0.2) is 0 Å². The Balaban J connectivity index is 1.45. The molecule has 2 fully saturated rings. The molecule has 1 N–H and O–H groups in total. The molecule has 2 heterocycles. The van der Waals surface area contributed by atoms with Gasteiger partial charge < -0.3 is 14.6 Å². The van der Waals surface area contributed by atoms with E-state index in [4.69, 9.17) is 9.26 Å². The highest BCUT2D eigenvalue weighted by atomic mass is 16.5. The summed E-state index contributed by atoms with van der Waals surface area (Å²) in [6.07, 6.45) is 4.62. The molecule has 1 aromatic heterocycles. The summed E-state index contributed by atoms with van der Waals surface area (Å²) in [4.78, 5) is 16.3. The van der Waals surface area contributed by atoms with Gasteiger partial charge in [-0.15, -0.1) is 0 Å². The quantitative estimate of drug-likeness (QED) is 0.865. The van der Waals surface area contributed by atoms with Crippen LogP contribution in [0.5, 0.6) is 0 Å². The number of ether oxygens (including phenoxy) is 1. The van der Waals surface area contributed by atoms with Gasteiger partial charge in [0, 0.05) is 25.5 Å². The van der Waals surface area contributed by atoms with E-state index >= 15 is 0 Å². The summed E-state index contributed by atoms with van der Waals surface area (Å²) in [5.41, 5.74) is -0.656. The summed E-state index contributed by atoms with van der Waals surface area (Å²) in [6, 6.07) is 0. The molecule has 0 bridgehead atoms. The van der Waals surface area contributed by atoms with Crippen LogP contribution in [-0.2, 0) is 16.0 Å². The van der Waals surface area contributed by atoms with Gasteiger partial charge in [-0.1, -0.05) is 5.16 Å². The van der Waals surface area contributed by atoms with Crippen LogP contribution < -0.4 is 5.32 Å². The second-order valence-electron chi connectivity index (χ2n) is 5.51. The van der Waals surface area contributed by atoms with Gasteiger partial charge in [-0.2, -0.15) is 4.98 Å². The van der Waals surface area contributed by atoms with Crippen LogP contribution >= 0.6 is 0 Å². The van der Waals surface area contributed by atoms with Crippen LogP contribution in [0.15, 0.2) is 4.52 Å². The standard InChI is InChI=1S/C13H19N3O3/c1-13(6-2-8-18-13)12(17)14-7-5-10-15-11(19-16-10)9-3-4-9/h9H,2-8H2,1H3,(H,14,17). The van der Waals surface area contributed by atoms with E-state index in [1.165, 1.54) is 0 Å². The lowest BCUT2D eigenvalue weighted by atomic mass is 10.0. The Kier molecular flexibility index (Phi) is 3.26. The normalized spacial score (nSPS) is 26.6. The molecule has 0 spiro atoms. The molecule has 1 unspecified atom stereocenters. The highest BCUT2D eigenvalue weighted by Gasteiger charge is 2.37. The third-order valence-corrected chi connectivity index (χ3v) is 3.74. The summed E-state index contributed by atoms with van der Waals surface area (Å²) in [6.45, 7) is 3.02. The van der Waals surface area contributed by atoms with Gasteiger partial charge in [-0.3, -0.25) is 4.79 Å². The van der Waals surface area contributed by atoms with Crippen molar-refractivity contribution in [2.24, 2.45) is 0 Å². The number of nitrogens with zero attached hydrogens (tertiary/aromatic N) is 2. The van der Waals surface area contributed by atoms with Gasteiger partial charge in [0.15, 0.2) is 5.82 Å². The van der Waals surface area contributed by atoms with Crippen molar-refractivity contribution in [3.05, 3.63) is 11.7 Å². The zero-order chi connectivity index (χ0) is 13.3. The zero-order valence-corrected chi connectivity index (χ0v) is 11.1. The highest BCUT2D eigenvalue weighted by molar-refractivity contribution is 5.84. The molecule has 0 aromatic carbocycles. The van der Waals surface area contributed by atoms with Crippen molar-refractivity contribution < 1.29 is 14.1 Å². The average molecular weight is 265 g/mol. The van der Waals surface area contributed by atoms with Crippen LogP contribution in [0.3, 0.4) is 0 Å². The van der Waals surface area contributed by atoms with Crippen molar-refractivity contribution in [2.75, 3.05) is 13.2 Å². The topological polar surface area (TPSA) is 77.3 Å². The maximum absolute atomic E-state index is 12.0. The molecule has 1 saturated carbocycles. The van der Waals surface area contributed by atoms with E-state index in [2.05, 4.69) is 15.5 Å². The Hall–Kier alpha value is -1.43. The summed E-state index contributed by atoms with van der Waals surface area (Å²) in [7, 11) is 0. The average Bonchev–Trinajstić information content (AvgIpc) is 2.98. The van der Waals surface area contributed by atoms with E-state index in [0.29, 0.717) is 31.3 Å². The molecule has 1 aromatic rings. The third kappa shape index (κ3) is 2.78. The molecule has 104 valence electrons. The number of carbonyl (C=O) groups is 1. The maximum atomic E-state index is 12.0. The molecule has 0 radical (unpaired) electrons. The minimum absolute atomic E-state index is 0.0455. The van der Waals surface area contributed by atoms with E-state index in [9.17, 15) is 4.79 Å². The Morgan fingerprint density at radius 1 is 1.53 bits per heavy atom. The van der Waals surface area contributed by atoms with Crippen LogP contribution in [0, 0.1) is 0 Å². The monoisotopic (exact) mass is 265 g/mol. The maximum Gasteiger partial charge on any atom is 0.251 e. The number of aromatic nitrogens is 2. The summed E-state index contributed by atoms with van der Waals surface area (Å²) < 4.78 is 10.7. The summed E-state index contributed by atoms with van der Waals surface area (Å²) in [5, 5.41) is 6.80. The van der Waals surface area contributed by atoms with Crippen LogP contribution in [-0.4, -0.2) is 34.8 Å². The predicted molar refractivity (Wildman–Crippen MR) is 66.6 cm³/mol. The Labute approximate surface area is 111 Å². The van der Waals surface area contributed by atoms with E-state index in [0.717, 1.165) is 31.6 Å². The van der Waals surface area contributed by atoms with Crippen LogP contribution in [0.2, 0.25) is 0 Å². The molecule has 1 saturated heterocycles. The molecule has 6 nitrogen and oxygen atoms in total. The van der Waals surface area contributed by atoms with E-state index < -0.39 is 5.60 Å². The lowest BCUT2D eigenvalue weighted by Gasteiger charge is -2.21. The number of amides is 1. The molecule has 6 heteroatoms. The van der Waals surface area contributed by atoms with E-state index in [1.807, 2.05) is 6.92 Å². The number of rotatable bonds is 5. The van der Waals surface area contributed by atoms with Crippen LogP contribution in [0.4, 0.5) is 0 Å². The highest BCUT2D eigenvalue weighted by Crippen LogP contribution is 2.38. The minimum Gasteiger partial charge on any atom is -0.365 e. The molecular formula is C13H19N3O3. The van der Waals surface area contributed by atoms with Gasteiger partial charge in [0.1, 0.15) is 5.60 Å². The lowest BCUT2D eigenvalue weighted by Crippen LogP contribution is -2.44. The first-order chi connectivity index (χ1) is 9.17. The molecule has 3 rings (SSSR count). The van der Waals surface area contributed by atoms with Gasteiger partial charge in [0.25, 0.3) is 5.91 Å². The molecule has 1 aliphatic carbocycles. The van der Waals surface area contributed by atoms with Gasteiger partial charge in [0.2, 0.25) is 5.89 Å². The first-order valence-corrected chi connectivity index (χ1v) is 6.92. The molecule has 1 amide bonds. The van der Waals surface area contributed by atoms with E-state index in [-0.39, 0.29) is 5.91 Å². The van der Waals surface area contributed by atoms with Gasteiger partial charge >= 0.3 is 0 Å². The molecule has 1 aliphatic heterocycles. The Bertz CT molecular complexity index is 461. The second-order valence-corrected chi connectivity index (χ2v) is 5.51. The largest absolute Gasteiger partial charge is 0.365 e. The van der Waals surface area contributed by atoms with Crippen LogP contribution in [0.1, 0.15) is 50.2 Å². The number of hydrogen-bond acceptors (Lipinski definition) is 5.